The molecule has 0 radical (unpaired) electrons. The van der Waals surface area contributed by atoms with E-state index in [9.17, 15) is 0 Å². The third kappa shape index (κ3) is 1.24. The Bertz CT molecular complexity index is 129. The van der Waals surface area contributed by atoms with Gasteiger partial charge in [0.2, 0.25) is 0 Å². The van der Waals surface area contributed by atoms with Gasteiger partial charge in [-0.3, -0.25) is 4.90 Å². The second kappa shape index (κ2) is 2.75. The third-order valence-electron chi connectivity index (χ3n) is 2.33. The summed E-state index contributed by atoms with van der Waals surface area (Å²) in [6.07, 6.45) is 1.98. The lowest BCUT2D eigenvalue weighted by Crippen LogP contribution is -2.06. The fourth-order valence-electron chi connectivity index (χ4n) is 1.81. The molecule has 1 heteroatoms. The Kier molecular flexibility index (Phi) is 2.14. The lowest BCUT2D eigenvalue weighted by Gasteiger charge is -2.01. The Balaban J connectivity index is 2.33. The number of hydrogen-bond acceptors (Lipinski definition) is 1. The Morgan fingerprint density at radius 3 is 2.50 bits per heavy atom. The lowest BCUT2D eigenvalue weighted by molar-refractivity contribution is 0.474. The van der Waals surface area contributed by atoms with Gasteiger partial charge in [-0.15, -0.1) is 6.58 Å². The van der Waals surface area contributed by atoms with Crippen molar-refractivity contribution in [2.45, 2.75) is 32.9 Å². The normalized spacial score (nSPS) is 38.2. The highest BCUT2D eigenvalue weighted by Crippen LogP contribution is 2.32. The Morgan fingerprint density at radius 1 is 1.60 bits per heavy atom. The van der Waals surface area contributed by atoms with E-state index in [-0.39, 0.29) is 0 Å². The van der Waals surface area contributed by atoms with Crippen LogP contribution >= 0.6 is 0 Å². The largest absolute Gasteiger partial charge is 0.291 e. The van der Waals surface area contributed by atoms with Crippen LogP contribution in [0.4, 0.5) is 0 Å². The van der Waals surface area contributed by atoms with Gasteiger partial charge in [0, 0.05) is 18.6 Å². The zero-order valence-electron chi connectivity index (χ0n) is 7.17. The van der Waals surface area contributed by atoms with Gasteiger partial charge in [0.1, 0.15) is 0 Å². The number of nitrogens with zero attached hydrogens (tertiary/aromatic N) is 1. The highest BCUT2D eigenvalue weighted by atomic mass is 15.3. The molecule has 1 aliphatic rings. The van der Waals surface area contributed by atoms with Crippen LogP contribution in [-0.2, 0) is 0 Å². The van der Waals surface area contributed by atoms with Crippen molar-refractivity contribution in [3.8, 4) is 0 Å². The molecule has 3 atom stereocenters. The van der Waals surface area contributed by atoms with E-state index in [1.54, 1.807) is 0 Å². The van der Waals surface area contributed by atoms with E-state index in [0.717, 1.165) is 24.5 Å². The monoisotopic (exact) mass is 139 g/mol. The molecule has 1 fully saturated rings. The van der Waals surface area contributed by atoms with E-state index >= 15 is 0 Å². The maximum atomic E-state index is 3.73. The zero-order valence-corrected chi connectivity index (χ0v) is 7.17. The highest BCUT2D eigenvalue weighted by molar-refractivity contribution is 5.02. The minimum Gasteiger partial charge on any atom is -0.291 e. The summed E-state index contributed by atoms with van der Waals surface area (Å²) in [6, 6.07) is 1.61. The van der Waals surface area contributed by atoms with E-state index in [2.05, 4.69) is 32.3 Å². The van der Waals surface area contributed by atoms with Gasteiger partial charge >= 0.3 is 0 Å². The minimum absolute atomic E-state index is 0.790. The SMILES string of the molecule is C=CCN1[C@@H](C)[C@@H]1C(C)C. The summed E-state index contributed by atoms with van der Waals surface area (Å²) in [5, 5.41) is 0. The Hall–Kier alpha value is -0.300. The van der Waals surface area contributed by atoms with E-state index in [1.807, 2.05) is 6.08 Å². The van der Waals surface area contributed by atoms with Gasteiger partial charge in [0.15, 0.2) is 0 Å². The van der Waals surface area contributed by atoms with Gasteiger partial charge in [0.25, 0.3) is 0 Å². The molecule has 0 saturated carbocycles. The van der Waals surface area contributed by atoms with Crippen molar-refractivity contribution in [1.29, 1.82) is 0 Å². The average Bonchev–Trinajstić information content (AvgIpc) is 2.43. The van der Waals surface area contributed by atoms with Gasteiger partial charge in [-0.1, -0.05) is 19.9 Å². The van der Waals surface area contributed by atoms with Gasteiger partial charge < -0.3 is 0 Å². The van der Waals surface area contributed by atoms with Crippen LogP contribution in [0, 0.1) is 5.92 Å². The molecule has 0 amide bonds. The first-order valence-corrected chi connectivity index (χ1v) is 4.05. The van der Waals surface area contributed by atoms with E-state index in [4.69, 9.17) is 0 Å². The molecule has 10 heavy (non-hydrogen) atoms. The van der Waals surface area contributed by atoms with Gasteiger partial charge in [-0.25, -0.2) is 0 Å². The van der Waals surface area contributed by atoms with Crippen LogP contribution in [0.5, 0.6) is 0 Å². The van der Waals surface area contributed by atoms with Crippen molar-refractivity contribution in [2.75, 3.05) is 6.54 Å². The fraction of sp³-hybridized carbons (Fsp3) is 0.778. The van der Waals surface area contributed by atoms with Crippen molar-refractivity contribution < 1.29 is 0 Å². The highest BCUT2D eigenvalue weighted by Gasteiger charge is 2.44. The zero-order chi connectivity index (χ0) is 7.72. The van der Waals surface area contributed by atoms with Crippen molar-refractivity contribution in [1.82, 2.24) is 4.90 Å². The first-order chi connectivity index (χ1) is 4.68. The summed E-state index contributed by atoms with van der Waals surface area (Å²) in [5.74, 6) is 0.801. The maximum Gasteiger partial charge on any atom is 0.0278 e. The van der Waals surface area contributed by atoms with Crippen LogP contribution in [0.2, 0.25) is 0 Å². The predicted octanol–water partition coefficient (Wildman–Crippen LogP) is 1.90. The van der Waals surface area contributed by atoms with Crippen molar-refractivity contribution in [3.05, 3.63) is 12.7 Å². The second-order valence-corrected chi connectivity index (χ2v) is 3.46. The van der Waals surface area contributed by atoms with Crippen molar-refractivity contribution in [2.24, 2.45) is 5.92 Å². The summed E-state index contributed by atoms with van der Waals surface area (Å²) in [6.45, 7) is 11.6. The molecule has 1 nitrogen and oxygen atoms in total. The summed E-state index contributed by atoms with van der Waals surface area (Å²) >= 11 is 0. The molecule has 58 valence electrons. The van der Waals surface area contributed by atoms with Crippen LogP contribution in [0.1, 0.15) is 20.8 Å². The Labute approximate surface area is 63.7 Å². The number of hydrogen-bond donors (Lipinski definition) is 0. The number of rotatable bonds is 3. The molecular formula is C9H17N. The molecule has 1 rings (SSSR count). The summed E-state index contributed by atoms with van der Waals surface area (Å²) in [5.41, 5.74) is 0. The molecule has 1 unspecified atom stereocenters. The van der Waals surface area contributed by atoms with Gasteiger partial charge in [-0.2, -0.15) is 0 Å². The molecule has 0 aromatic rings. The molecule has 1 aliphatic heterocycles. The predicted molar refractivity (Wildman–Crippen MR) is 45.0 cm³/mol. The first-order valence-electron chi connectivity index (χ1n) is 4.05. The van der Waals surface area contributed by atoms with Crippen molar-refractivity contribution in [3.63, 3.8) is 0 Å². The second-order valence-electron chi connectivity index (χ2n) is 3.46. The molecule has 0 bridgehead atoms. The molecule has 0 aromatic carbocycles. The van der Waals surface area contributed by atoms with Crippen LogP contribution in [-0.4, -0.2) is 23.5 Å². The van der Waals surface area contributed by atoms with Gasteiger partial charge in [-0.05, 0) is 12.8 Å². The third-order valence-corrected chi connectivity index (χ3v) is 2.33. The smallest absolute Gasteiger partial charge is 0.0278 e. The summed E-state index contributed by atoms with van der Waals surface area (Å²) in [7, 11) is 0. The molecule has 0 spiro atoms. The lowest BCUT2D eigenvalue weighted by atomic mass is 10.1. The van der Waals surface area contributed by atoms with Crippen molar-refractivity contribution >= 4 is 0 Å². The summed E-state index contributed by atoms with van der Waals surface area (Å²) in [4.78, 5) is 2.47. The summed E-state index contributed by atoms with van der Waals surface area (Å²) < 4.78 is 0. The standard InChI is InChI=1S/C9H17N/c1-5-6-10-8(4)9(10)7(2)3/h5,7-9H,1,6H2,2-4H3/t8-,9-,10?/m0/s1. The Morgan fingerprint density at radius 2 is 2.20 bits per heavy atom. The molecule has 1 heterocycles. The average molecular weight is 139 g/mol. The van der Waals surface area contributed by atoms with Crippen LogP contribution < -0.4 is 0 Å². The van der Waals surface area contributed by atoms with Gasteiger partial charge in [0.05, 0.1) is 0 Å². The molecule has 0 N–H and O–H groups in total. The minimum atomic E-state index is 0.790. The van der Waals surface area contributed by atoms with E-state index in [1.165, 1.54) is 0 Å². The quantitative estimate of drug-likeness (QED) is 0.426. The molecule has 0 aliphatic carbocycles. The molecular weight excluding hydrogens is 122 g/mol. The fourth-order valence-corrected chi connectivity index (χ4v) is 1.81. The topological polar surface area (TPSA) is 3.01 Å². The van der Waals surface area contributed by atoms with E-state index in [0.29, 0.717) is 0 Å². The van der Waals surface area contributed by atoms with Crippen LogP contribution in [0.3, 0.4) is 0 Å². The molecule has 0 aromatic heterocycles. The first kappa shape index (κ1) is 7.80. The van der Waals surface area contributed by atoms with Crippen LogP contribution in [0.15, 0.2) is 12.7 Å². The van der Waals surface area contributed by atoms with Crippen LogP contribution in [0.25, 0.3) is 0 Å². The maximum absolute atomic E-state index is 3.73. The van der Waals surface area contributed by atoms with E-state index < -0.39 is 0 Å². The molecule has 1 saturated heterocycles.